The molecule has 2 amide bonds. The maximum atomic E-state index is 12.5. The van der Waals surface area contributed by atoms with E-state index in [1.54, 1.807) is 28.9 Å². The summed E-state index contributed by atoms with van der Waals surface area (Å²) in [6.07, 6.45) is 0. The summed E-state index contributed by atoms with van der Waals surface area (Å²) >= 11 is 1.60. The predicted molar refractivity (Wildman–Crippen MR) is 127 cm³/mol. The zero-order valence-corrected chi connectivity index (χ0v) is 19.3. The first kappa shape index (κ1) is 23.8. The Morgan fingerprint density at radius 1 is 1.03 bits per heavy atom. The first-order valence-corrected chi connectivity index (χ1v) is 11.8. The topological polar surface area (TPSA) is 113 Å². The molecule has 1 saturated heterocycles. The lowest BCUT2D eigenvalue weighted by Crippen LogP contribution is -2.35. The summed E-state index contributed by atoms with van der Waals surface area (Å²) < 4.78 is 11.0. The van der Waals surface area contributed by atoms with Gasteiger partial charge in [-0.2, -0.15) is 0 Å². The number of ether oxygens (including phenoxy) is 2. The van der Waals surface area contributed by atoms with Gasteiger partial charge in [0.05, 0.1) is 35.8 Å². The second-order valence-electron chi connectivity index (χ2n) is 7.66. The van der Waals surface area contributed by atoms with Crippen molar-refractivity contribution in [2.75, 3.05) is 39.5 Å². The summed E-state index contributed by atoms with van der Waals surface area (Å²) in [4.78, 5) is 31.8. The van der Waals surface area contributed by atoms with Crippen molar-refractivity contribution in [1.29, 1.82) is 0 Å². The largest absolute Gasteiger partial charge is 0.492 e. The summed E-state index contributed by atoms with van der Waals surface area (Å²) in [5.41, 5.74) is 6.42. The molecule has 10 heteroatoms. The monoisotopic (exact) mass is 482 g/mol. The van der Waals surface area contributed by atoms with E-state index in [9.17, 15) is 9.59 Å². The zero-order chi connectivity index (χ0) is 23.8. The molecular weight excluding hydrogens is 456 g/mol. The fourth-order valence-corrected chi connectivity index (χ4v) is 4.37. The van der Waals surface area contributed by atoms with Gasteiger partial charge in [-0.1, -0.05) is 12.1 Å². The van der Waals surface area contributed by atoms with Gasteiger partial charge in [0.25, 0.3) is 11.8 Å². The first-order valence-electron chi connectivity index (χ1n) is 10.9. The SMILES string of the molecule is O=C(NO)c1ccc(OCCNC(=O)c2ccc(-c3scnc3CN3CCOCC3)cc2)cc1. The fraction of sp³-hybridized carbons (Fsp3) is 0.292. The molecule has 3 N–H and O–H groups in total. The molecule has 9 nitrogen and oxygen atoms in total. The van der Waals surface area contributed by atoms with Crippen LogP contribution in [0.2, 0.25) is 0 Å². The predicted octanol–water partition coefficient (Wildman–Crippen LogP) is 2.57. The Bertz CT molecular complexity index is 1100. The number of hydrogen-bond acceptors (Lipinski definition) is 8. The van der Waals surface area contributed by atoms with Crippen molar-refractivity contribution in [2.24, 2.45) is 0 Å². The minimum Gasteiger partial charge on any atom is -0.492 e. The summed E-state index contributed by atoms with van der Waals surface area (Å²) in [5, 5.41) is 11.5. The molecule has 0 radical (unpaired) electrons. The lowest BCUT2D eigenvalue weighted by Gasteiger charge is -2.26. The molecule has 0 bridgehead atoms. The number of morpholine rings is 1. The van der Waals surface area contributed by atoms with Crippen molar-refractivity contribution in [3.63, 3.8) is 0 Å². The molecule has 2 heterocycles. The summed E-state index contributed by atoms with van der Waals surface area (Å²) in [7, 11) is 0. The summed E-state index contributed by atoms with van der Waals surface area (Å²) in [6.45, 7) is 4.73. The van der Waals surface area contributed by atoms with Crippen molar-refractivity contribution in [1.82, 2.24) is 20.7 Å². The number of amides is 2. The third-order valence-corrected chi connectivity index (χ3v) is 6.32. The number of carbonyl (C=O) groups is 2. The molecule has 0 atom stereocenters. The van der Waals surface area contributed by atoms with Crippen molar-refractivity contribution in [3.8, 4) is 16.2 Å². The molecule has 0 aliphatic carbocycles. The van der Waals surface area contributed by atoms with Gasteiger partial charge in [0.1, 0.15) is 12.4 Å². The number of hydrogen-bond donors (Lipinski definition) is 3. The van der Waals surface area contributed by atoms with E-state index >= 15 is 0 Å². The number of thiazole rings is 1. The first-order chi connectivity index (χ1) is 16.6. The second-order valence-corrected chi connectivity index (χ2v) is 8.52. The van der Waals surface area contributed by atoms with Gasteiger partial charge >= 0.3 is 0 Å². The molecule has 0 unspecified atom stereocenters. The maximum absolute atomic E-state index is 12.5. The van der Waals surface area contributed by atoms with Crippen LogP contribution in [0.1, 0.15) is 26.4 Å². The van der Waals surface area contributed by atoms with Crippen molar-refractivity contribution < 1.29 is 24.3 Å². The second kappa shape index (κ2) is 11.7. The Balaban J connectivity index is 1.26. The van der Waals surface area contributed by atoms with E-state index in [0.717, 1.165) is 49.0 Å². The van der Waals surface area contributed by atoms with Crippen LogP contribution < -0.4 is 15.5 Å². The Morgan fingerprint density at radius 2 is 1.71 bits per heavy atom. The molecule has 1 aliphatic rings. The molecule has 1 aliphatic heterocycles. The highest BCUT2D eigenvalue weighted by molar-refractivity contribution is 7.13. The Hall–Kier alpha value is -3.31. The van der Waals surface area contributed by atoms with E-state index in [1.807, 2.05) is 29.8 Å². The number of aromatic nitrogens is 1. The Morgan fingerprint density at radius 3 is 2.41 bits per heavy atom. The lowest BCUT2D eigenvalue weighted by molar-refractivity contribution is 0.0338. The van der Waals surface area contributed by atoms with E-state index in [2.05, 4.69) is 15.2 Å². The molecule has 178 valence electrons. The van der Waals surface area contributed by atoms with Crippen LogP contribution in [-0.2, 0) is 11.3 Å². The summed E-state index contributed by atoms with van der Waals surface area (Å²) in [5.74, 6) is -0.206. The van der Waals surface area contributed by atoms with Crippen LogP contribution >= 0.6 is 11.3 Å². The van der Waals surface area contributed by atoms with Crippen LogP contribution in [0.15, 0.2) is 54.0 Å². The molecule has 4 rings (SSSR count). The van der Waals surface area contributed by atoms with Gasteiger partial charge < -0.3 is 14.8 Å². The molecule has 1 fully saturated rings. The van der Waals surface area contributed by atoms with Crippen LogP contribution in [0.25, 0.3) is 10.4 Å². The van der Waals surface area contributed by atoms with E-state index < -0.39 is 5.91 Å². The Kier molecular flexibility index (Phi) is 8.21. The molecular formula is C24H26N4O5S. The van der Waals surface area contributed by atoms with Crippen LogP contribution in [0, 0.1) is 0 Å². The van der Waals surface area contributed by atoms with E-state index in [4.69, 9.17) is 14.7 Å². The van der Waals surface area contributed by atoms with Crippen LogP contribution in [0.3, 0.4) is 0 Å². The van der Waals surface area contributed by atoms with Gasteiger partial charge in [-0.15, -0.1) is 11.3 Å². The molecule has 2 aromatic carbocycles. The van der Waals surface area contributed by atoms with Gasteiger partial charge in [-0.25, -0.2) is 10.5 Å². The number of benzene rings is 2. The molecule has 0 spiro atoms. The van der Waals surface area contributed by atoms with E-state index in [1.165, 1.54) is 12.1 Å². The zero-order valence-electron chi connectivity index (χ0n) is 18.5. The van der Waals surface area contributed by atoms with Gasteiger partial charge in [-0.05, 0) is 42.0 Å². The number of nitrogens with one attached hydrogen (secondary N) is 2. The van der Waals surface area contributed by atoms with Gasteiger partial charge in [-0.3, -0.25) is 19.7 Å². The quantitative estimate of drug-likeness (QED) is 0.244. The highest BCUT2D eigenvalue weighted by Gasteiger charge is 2.16. The number of carbonyl (C=O) groups excluding carboxylic acids is 2. The average molecular weight is 483 g/mol. The minimum absolute atomic E-state index is 0.178. The third kappa shape index (κ3) is 6.17. The lowest BCUT2D eigenvalue weighted by atomic mass is 10.1. The van der Waals surface area contributed by atoms with Crippen LogP contribution in [-0.4, -0.2) is 66.4 Å². The summed E-state index contributed by atoms with van der Waals surface area (Å²) in [6, 6.07) is 13.9. The molecule has 3 aromatic rings. The van der Waals surface area contributed by atoms with E-state index in [0.29, 0.717) is 23.4 Å². The smallest absolute Gasteiger partial charge is 0.274 e. The molecule has 34 heavy (non-hydrogen) atoms. The molecule has 0 saturated carbocycles. The molecule has 1 aromatic heterocycles. The average Bonchev–Trinajstić information content (AvgIpc) is 3.35. The highest BCUT2D eigenvalue weighted by atomic mass is 32.1. The standard InChI is InChI=1S/C24H26N4O5S/c29-23(25-9-12-33-20-7-5-19(6-8-20)24(30)27-31)18-3-1-17(2-4-18)22-21(26-16-34-22)15-28-10-13-32-14-11-28/h1-8,16,31H,9-15H2,(H,25,29)(H,27,30). The minimum atomic E-state index is -0.589. The highest BCUT2D eigenvalue weighted by Crippen LogP contribution is 2.29. The fourth-order valence-electron chi connectivity index (χ4n) is 3.56. The van der Waals surface area contributed by atoms with Crippen molar-refractivity contribution in [3.05, 3.63) is 70.9 Å². The van der Waals surface area contributed by atoms with Crippen LogP contribution in [0.5, 0.6) is 5.75 Å². The third-order valence-electron chi connectivity index (χ3n) is 5.40. The number of rotatable bonds is 9. The maximum Gasteiger partial charge on any atom is 0.274 e. The van der Waals surface area contributed by atoms with Gasteiger partial charge in [0.15, 0.2) is 0 Å². The van der Waals surface area contributed by atoms with Crippen molar-refractivity contribution >= 4 is 23.2 Å². The van der Waals surface area contributed by atoms with Gasteiger partial charge in [0, 0.05) is 30.8 Å². The Labute approximate surface area is 201 Å². The number of nitrogens with zero attached hydrogens (tertiary/aromatic N) is 2. The van der Waals surface area contributed by atoms with Gasteiger partial charge in [0.2, 0.25) is 0 Å². The van der Waals surface area contributed by atoms with Crippen molar-refractivity contribution in [2.45, 2.75) is 6.54 Å². The van der Waals surface area contributed by atoms with Crippen LogP contribution in [0.4, 0.5) is 0 Å². The van der Waals surface area contributed by atoms with E-state index in [-0.39, 0.29) is 12.5 Å². The number of hydroxylamine groups is 1. The normalized spacial score (nSPS) is 13.9.